The van der Waals surface area contributed by atoms with Gasteiger partial charge in [0, 0.05) is 13.0 Å². The van der Waals surface area contributed by atoms with E-state index in [0.717, 1.165) is 6.92 Å². The second-order valence-electron chi connectivity index (χ2n) is 2.23. The Morgan fingerprint density at radius 1 is 1.50 bits per heavy atom. The second kappa shape index (κ2) is 5.93. The lowest BCUT2D eigenvalue weighted by Crippen LogP contribution is -1.87. The maximum atomic E-state index is 10.1. The number of carbonyl (C=O) groups is 1. The molecule has 1 rings (SSSR count). The van der Waals surface area contributed by atoms with Crippen LogP contribution in [0.15, 0.2) is 24.3 Å². The van der Waals surface area contributed by atoms with Gasteiger partial charge in [-0.3, -0.25) is 14.9 Å². The predicted octanol–water partition coefficient (Wildman–Crippen LogP) is 2.34. The van der Waals surface area contributed by atoms with Gasteiger partial charge in [-0.25, -0.2) is 0 Å². The molecule has 5 nitrogen and oxygen atoms in total. The first-order valence-corrected chi connectivity index (χ1v) is 3.91. The van der Waals surface area contributed by atoms with Gasteiger partial charge in [-0.05, 0) is 6.07 Å². The monoisotopic (exact) mass is 217 g/mol. The van der Waals surface area contributed by atoms with Gasteiger partial charge < -0.3 is 5.11 Å². The van der Waals surface area contributed by atoms with Crippen LogP contribution in [0.25, 0.3) is 0 Å². The lowest BCUT2D eigenvalue weighted by molar-refractivity contribution is -0.384. The number of carboxylic acid groups (broad SMARTS) is 1. The molecule has 14 heavy (non-hydrogen) atoms. The van der Waals surface area contributed by atoms with Crippen LogP contribution in [0.5, 0.6) is 0 Å². The Morgan fingerprint density at radius 3 is 2.21 bits per heavy atom. The van der Waals surface area contributed by atoms with Crippen molar-refractivity contribution in [2.45, 2.75) is 6.92 Å². The van der Waals surface area contributed by atoms with Crippen molar-refractivity contribution < 1.29 is 14.8 Å². The molecule has 1 N–H and O–H groups in total. The van der Waals surface area contributed by atoms with E-state index in [1.54, 1.807) is 12.1 Å². The van der Waals surface area contributed by atoms with Crippen LogP contribution in [0, 0.1) is 10.1 Å². The topological polar surface area (TPSA) is 80.4 Å². The maximum absolute atomic E-state index is 10.1. The molecule has 0 fully saturated rings. The smallest absolute Gasteiger partial charge is 0.300 e. The summed E-state index contributed by atoms with van der Waals surface area (Å²) < 4.78 is 0. The van der Waals surface area contributed by atoms with E-state index in [4.69, 9.17) is 21.5 Å². The predicted molar refractivity (Wildman–Crippen MR) is 51.4 cm³/mol. The number of para-hydroxylation sites is 1. The van der Waals surface area contributed by atoms with Crippen LogP contribution in [0.4, 0.5) is 5.69 Å². The van der Waals surface area contributed by atoms with Crippen LogP contribution in [-0.2, 0) is 4.79 Å². The van der Waals surface area contributed by atoms with E-state index in [2.05, 4.69) is 0 Å². The zero-order chi connectivity index (χ0) is 11.1. The molecule has 0 radical (unpaired) electrons. The van der Waals surface area contributed by atoms with Crippen molar-refractivity contribution >= 4 is 23.3 Å². The zero-order valence-electron chi connectivity index (χ0n) is 7.31. The van der Waals surface area contributed by atoms with Gasteiger partial charge in [0.25, 0.3) is 11.7 Å². The Hall–Kier alpha value is -1.62. The van der Waals surface area contributed by atoms with E-state index in [9.17, 15) is 10.1 Å². The van der Waals surface area contributed by atoms with Crippen LogP contribution < -0.4 is 0 Å². The lowest BCUT2D eigenvalue weighted by Gasteiger charge is -1.90. The lowest BCUT2D eigenvalue weighted by atomic mass is 10.3. The maximum Gasteiger partial charge on any atom is 0.300 e. The number of benzene rings is 1. The average molecular weight is 218 g/mol. The van der Waals surface area contributed by atoms with Crippen LogP contribution in [-0.4, -0.2) is 16.0 Å². The molecular weight excluding hydrogens is 210 g/mol. The van der Waals surface area contributed by atoms with Gasteiger partial charge in [0.2, 0.25) is 0 Å². The third-order valence-electron chi connectivity index (χ3n) is 1.05. The minimum absolute atomic E-state index is 0.0517. The number of nitro groups is 1. The molecule has 0 aliphatic heterocycles. The molecule has 0 heterocycles. The number of rotatable bonds is 1. The fourth-order valence-corrected chi connectivity index (χ4v) is 0.805. The van der Waals surface area contributed by atoms with Crippen molar-refractivity contribution in [1.82, 2.24) is 0 Å². The van der Waals surface area contributed by atoms with E-state index in [1.807, 2.05) is 0 Å². The summed E-state index contributed by atoms with van der Waals surface area (Å²) in [6, 6.07) is 6.07. The van der Waals surface area contributed by atoms with E-state index in [0.29, 0.717) is 0 Å². The molecule has 76 valence electrons. The Labute approximate surface area is 85.1 Å². The Morgan fingerprint density at radius 2 is 1.93 bits per heavy atom. The van der Waals surface area contributed by atoms with Crippen LogP contribution >= 0.6 is 11.6 Å². The first-order valence-electron chi connectivity index (χ1n) is 3.53. The quantitative estimate of drug-likeness (QED) is 0.578. The van der Waals surface area contributed by atoms with Gasteiger partial charge in [0.1, 0.15) is 5.02 Å². The normalized spacial score (nSPS) is 8.43. The van der Waals surface area contributed by atoms with Crippen molar-refractivity contribution in [3.05, 3.63) is 39.4 Å². The van der Waals surface area contributed by atoms with E-state index >= 15 is 0 Å². The number of halogens is 1. The van der Waals surface area contributed by atoms with Crippen LogP contribution in [0.1, 0.15) is 6.92 Å². The molecule has 1 aromatic carbocycles. The molecule has 0 saturated heterocycles. The van der Waals surface area contributed by atoms with Crippen molar-refractivity contribution in [3.63, 3.8) is 0 Å². The van der Waals surface area contributed by atoms with E-state index < -0.39 is 10.9 Å². The number of hydrogen-bond acceptors (Lipinski definition) is 3. The highest BCUT2D eigenvalue weighted by atomic mass is 35.5. The molecule has 6 heteroatoms. The summed E-state index contributed by atoms with van der Waals surface area (Å²) in [6.45, 7) is 1.08. The molecule has 0 aliphatic rings. The van der Waals surface area contributed by atoms with Crippen molar-refractivity contribution in [2.24, 2.45) is 0 Å². The largest absolute Gasteiger partial charge is 0.481 e. The molecule has 0 aliphatic carbocycles. The van der Waals surface area contributed by atoms with Gasteiger partial charge in [-0.15, -0.1) is 0 Å². The highest BCUT2D eigenvalue weighted by molar-refractivity contribution is 6.32. The number of hydrogen-bond donors (Lipinski definition) is 1. The molecule has 0 unspecified atom stereocenters. The molecule has 0 spiro atoms. The molecule has 1 aromatic rings. The summed E-state index contributed by atoms with van der Waals surface area (Å²) in [7, 11) is 0. The van der Waals surface area contributed by atoms with Gasteiger partial charge in [0.15, 0.2) is 0 Å². The molecule has 0 amide bonds. The van der Waals surface area contributed by atoms with Crippen LogP contribution in [0.2, 0.25) is 5.02 Å². The number of aliphatic carboxylic acids is 1. The third-order valence-corrected chi connectivity index (χ3v) is 1.37. The minimum Gasteiger partial charge on any atom is -0.481 e. The SMILES string of the molecule is CC(=O)O.O=[N+]([O-])c1ccccc1Cl. The third kappa shape index (κ3) is 5.10. The second-order valence-corrected chi connectivity index (χ2v) is 2.63. The highest BCUT2D eigenvalue weighted by Gasteiger charge is 2.08. The summed E-state index contributed by atoms with van der Waals surface area (Å²) in [5.41, 5.74) is -0.0517. The first kappa shape index (κ1) is 12.4. The molecular formula is C8H8ClNO4. The number of carboxylic acids is 1. The highest BCUT2D eigenvalue weighted by Crippen LogP contribution is 2.21. The van der Waals surface area contributed by atoms with E-state index in [1.165, 1.54) is 12.1 Å². The van der Waals surface area contributed by atoms with Gasteiger partial charge in [0.05, 0.1) is 4.92 Å². The number of nitro benzene ring substituents is 1. The Kier molecular flexibility index (Phi) is 5.24. The van der Waals surface area contributed by atoms with Crippen molar-refractivity contribution in [3.8, 4) is 0 Å². The Bertz CT molecular complexity index is 336. The summed E-state index contributed by atoms with van der Waals surface area (Å²) in [5.74, 6) is -0.833. The molecule has 0 atom stereocenters. The molecule has 0 aromatic heterocycles. The summed E-state index contributed by atoms with van der Waals surface area (Å²) in [6.07, 6.45) is 0. The van der Waals surface area contributed by atoms with Crippen LogP contribution in [0.3, 0.4) is 0 Å². The first-order chi connectivity index (χ1) is 6.45. The number of nitrogens with zero attached hydrogens (tertiary/aromatic N) is 1. The van der Waals surface area contributed by atoms with E-state index in [-0.39, 0.29) is 10.7 Å². The minimum atomic E-state index is -0.833. The zero-order valence-corrected chi connectivity index (χ0v) is 8.06. The Balaban J connectivity index is 0.000000364. The summed E-state index contributed by atoms with van der Waals surface area (Å²) in [4.78, 5) is 18.6. The van der Waals surface area contributed by atoms with Gasteiger partial charge in [-0.1, -0.05) is 23.7 Å². The summed E-state index contributed by atoms with van der Waals surface area (Å²) >= 11 is 5.48. The average Bonchev–Trinajstić information content (AvgIpc) is 2.03. The fraction of sp³-hybridized carbons (Fsp3) is 0.125. The fourth-order valence-electron chi connectivity index (χ4n) is 0.600. The van der Waals surface area contributed by atoms with Crippen molar-refractivity contribution in [2.75, 3.05) is 0 Å². The van der Waals surface area contributed by atoms with Gasteiger partial charge >= 0.3 is 0 Å². The summed E-state index contributed by atoms with van der Waals surface area (Å²) in [5, 5.41) is 17.7. The molecule has 0 saturated carbocycles. The molecule has 0 bridgehead atoms. The van der Waals surface area contributed by atoms with Gasteiger partial charge in [-0.2, -0.15) is 0 Å². The standard InChI is InChI=1S/C6H4ClNO2.C2H4O2/c7-5-3-1-2-4-6(5)8(9)10;1-2(3)4/h1-4H;1H3,(H,3,4). The van der Waals surface area contributed by atoms with Crippen molar-refractivity contribution in [1.29, 1.82) is 0 Å².